The second-order valence-corrected chi connectivity index (χ2v) is 8.40. The van der Waals surface area contributed by atoms with E-state index >= 15 is 0 Å². The molecule has 5 nitrogen and oxygen atoms in total. The first kappa shape index (κ1) is 22.2. The van der Waals surface area contributed by atoms with E-state index in [4.69, 9.17) is 16.3 Å². The summed E-state index contributed by atoms with van der Waals surface area (Å²) in [7, 11) is 0. The molecule has 0 bridgehead atoms. The van der Waals surface area contributed by atoms with Crippen molar-refractivity contribution in [1.82, 2.24) is 9.80 Å². The molecule has 160 valence electrons. The third-order valence-corrected chi connectivity index (χ3v) is 5.65. The van der Waals surface area contributed by atoms with Crippen molar-refractivity contribution in [2.75, 3.05) is 26.2 Å². The standard InChI is InChI=1S/C24H29ClN2O3/c1-17(2)19-7-11-22(12-8-19)30-18(3)23(28)26-13-4-14-27(16-15-26)24(29)20-5-9-21(25)10-6-20/h5-12,17-18H,4,13-16H2,1-3H3. The highest BCUT2D eigenvalue weighted by Gasteiger charge is 2.26. The molecule has 0 N–H and O–H groups in total. The van der Waals surface area contributed by atoms with Gasteiger partial charge < -0.3 is 14.5 Å². The fourth-order valence-electron chi connectivity index (χ4n) is 3.56. The zero-order valence-corrected chi connectivity index (χ0v) is 18.6. The smallest absolute Gasteiger partial charge is 0.263 e. The van der Waals surface area contributed by atoms with Crippen LogP contribution in [-0.4, -0.2) is 53.9 Å². The van der Waals surface area contributed by atoms with Crippen molar-refractivity contribution in [2.24, 2.45) is 0 Å². The Bertz CT molecular complexity index is 865. The Labute approximate surface area is 183 Å². The van der Waals surface area contributed by atoms with Crippen molar-refractivity contribution in [3.05, 3.63) is 64.7 Å². The van der Waals surface area contributed by atoms with Crippen LogP contribution in [-0.2, 0) is 4.79 Å². The quantitative estimate of drug-likeness (QED) is 0.699. The van der Waals surface area contributed by atoms with E-state index in [0.717, 1.165) is 6.42 Å². The number of rotatable bonds is 5. The van der Waals surface area contributed by atoms with Gasteiger partial charge in [0.25, 0.3) is 11.8 Å². The van der Waals surface area contributed by atoms with Crippen LogP contribution >= 0.6 is 11.6 Å². The van der Waals surface area contributed by atoms with Crippen LogP contribution in [0, 0.1) is 0 Å². The van der Waals surface area contributed by atoms with Crippen molar-refractivity contribution in [3.63, 3.8) is 0 Å². The summed E-state index contributed by atoms with van der Waals surface area (Å²) >= 11 is 5.91. The summed E-state index contributed by atoms with van der Waals surface area (Å²) < 4.78 is 5.88. The second kappa shape index (κ2) is 9.98. The van der Waals surface area contributed by atoms with Gasteiger partial charge in [0.1, 0.15) is 5.75 Å². The largest absolute Gasteiger partial charge is 0.481 e. The molecule has 1 aliphatic rings. The lowest BCUT2D eigenvalue weighted by Gasteiger charge is -2.25. The molecule has 6 heteroatoms. The Morgan fingerprint density at radius 1 is 0.867 bits per heavy atom. The summed E-state index contributed by atoms with van der Waals surface area (Å²) in [6, 6.07) is 14.8. The van der Waals surface area contributed by atoms with Crippen LogP contribution in [0.2, 0.25) is 5.02 Å². The molecule has 0 radical (unpaired) electrons. The molecular weight excluding hydrogens is 400 g/mol. The van der Waals surface area contributed by atoms with Crippen LogP contribution in [0.3, 0.4) is 0 Å². The van der Waals surface area contributed by atoms with Gasteiger partial charge >= 0.3 is 0 Å². The zero-order valence-electron chi connectivity index (χ0n) is 17.8. The van der Waals surface area contributed by atoms with E-state index in [9.17, 15) is 9.59 Å². The number of carbonyl (C=O) groups is 2. The van der Waals surface area contributed by atoms with Gasteiger partial charge in [0.05, 0.1) is 0 Å². The Morgan fingerprint density at radius 3 is 2.10 bits per heavy atom. The minimum absolute atomic E-state index is 0.0319. The summed E-state index contributed by atoms with van der Waals surface area (Å²) in [4.78, 5) is 29.2. The molecule has 2 amide bonds. The van der Waals surface area contributed by atoms with Crippen LogP contribution in [0.15, 0.2) is 48.5 Å². The first-order chi connectivity index (χ1) is 14.3. The topological polar surface area (TPSA) is 49.9 Å². The maximum absolute atomic E-state index is 12.9. The first-order valence-electron chi connectivity index (χ1n) is 10.5. The molecular formula is C24H29ClN2O3. The van der Waals surface area contributed by atoms with Crippen molar-refractivity contribution >= 4 is 23.4 Å². The van der Waals surface area contributed by atoms with E-state index in [1.54, 1.807) is 41.0 Å². The summed E-state index contributed by atoms with van der Waals surface area (Å²) in [5.74, 6) is 1.06. The second-order valence-electron chi connectivity index (χ2n) is 7.96. The summed E-state index contributed by atoms with van der Waals surface area (Å²) in [5.41, 5.74) is 1.85. The van der Waals surface area contributed by atoms with Crippen molar-refractivity contribution in [3.8, 4) is 5.75 Å². The van der Waals surface area contributed by atoms with E-state index in [0.29, 0.717) is 48.4 Å². The molecule has 1 fully saturated rings. The van der Waals surface area contributed by atoms with E-state index in [2.05, 4.69) is 13.8 Å². The number of benzene rings is 2. The van der Waals surface area contributed by atoms with Gasteiger partial charge in [-0.05, 0) is 61.2 Å². The Balaban J connectivity index is 1.56. The Hall–Kier alpha value is -2.53. The molecule has 30 heavy (non-hydrogen) atoms. The maximum atomic E-state index is 12.9. The number of hydrogen-bond acceptors (Lipinski definition) is 3. The molecule has 2 aromatic carbocycles. The van der Waals surface area contributed by atoms with Gasteiger partial charge in [-0.1, -0.05) is 37.6 Å². The van der Waals surface area contributed by atoms with E-state index in [1.165, 1.54) is 5.56 Å². The zero-order chi connectivity index (χ0) is 21.7. The van der Waals surface area contributed by atoms with Crippen LogP contribution in [0.4, 0.5) is 0 Å². The molecule has 0 aromatic heterocycles. The van der Waals surface area contributed by atoms with Crippen LogP contribution in [0.25, 0.3) is 0 Å². The lowest BCUT2D eigenvalue weighted by atomic mass is 10.0. The highest BCUT2D eigenvalue weighted by atomic mass is 35.5. The number of carbonyl (C=O) groups excluding carboxylic acids is 2. The average molecular weight is 429 g/mol. The van der Waals surface area contributed by atoms with Gasteiger partial charge in [-0.25, -0.2) is 0 Å². The summed E-state index contributed by atoms with van der Waals surface area (Å²) in [6.45, 7) is 8.30. The number of amides is 2. The SMILES string of the molecule is CC(Oc1ccc(C(C)C)cc1)C(=O)N1CCCN(C(=O)c2ccc(Cl)cc2)CC1. The minimum atomic E-state index is -0.576. The van der Waals surface area contributed by atoms with Crippen molar-refractivity contribution in [1.29, 1.82) is 0 Å². The fraction of sp³-hybridized carbons (Fsp3) is 0.417. The number of ether oxygens (including phenoxy) is 1. The lowest BCUT2D eigenvalue weighted by Crippen LogP contribution is -2.43. The lowest BCUT2D eigenvalue weighted by molar-refractivity contribution is -0.137. The van der Waals surface area contributed by atoms with E-state index < -0.39 is 6.10 Å². The number of halogens is 1. The monoisotopic (exact) mass is 428 g/mol. The highest BCUT2D eigenvalue weighted by Crippen LogP contribution is 2.20. The van der Waals surface area contributed by atoms with Gasteiger partial charge in [0, 0.05) is 36.8 Å². The van der Waals surface area contributed by atoms with Crippen LogP contribution in [0.1, 0.15) is 49.0 Å². The first-order valence-corrected chi connectivity index (χ1v) is 10.8. The molecule has 0 saturated carbocycles. The predicted molar refractivity (Wildman–Crippen MR) is 119 cm³/mol. The molecule has 3 rings (SSSR count). The van der Waals surface area contributed by atoms with Gasteiger partial charge in [-0.3, -0.25) is 9.59 Å². The maximum Gasteiger partial charge on any atom is 0.263 e. The fourth-order valence-corrected chi connectivity index (χ4v) is 3.68. The third kappa shape index (κ3) is 5.54. The molecule has 1 heterocycles. The average Bonchev–Trinajstić information content (AvgIpc) is 3.00. The third-order valence-electron chi connectivity index (χ3n) is 5.39. The molecule has 1 atom stereocenters. The molecule has 0 spiro atoms. The molecule has 1 aliphatic heterocycles. The normalized spacial score (nSPS) is 15.6. The van der Waals surface area contributed by atoms with Gasteiger partial charge in [-0.2, -0.15) is 0 Å². The summed E-state index contributed by atoms with van der Waals surface area (Å²) in [5, 5.41) is 0.604. The van der Waals surface area contributed by atoms with Gasteiger partial charge in [0.2, 0.25) is 0 Å². The number of nitrogens with zero attached hydrogens (tertiary/aromatic N) is 2. The van der Waals surface area contributed by atoms with Crippen LogP contribution < -0.4 is 4.74 Å². The molecule has 1 unspecified atom stereocenters. The molecule has 0 aliphatic carbocycles. The Morgan fingerprint density at radius 2 is 1.47 bits per heavy atom. The van der Waals surface area contributed by atoms with Crippen molar-refractivity contribution < 1.29 is 14.3 Å². The van der Waals surface area contributed by atoms with E-state index in [-0.39, 0.29) is 11.8 Å². The van der Waals surface area contributed by atoms with Crippen LogP contribution in [0.5, 0.6) is 5.75 Å². The number of hydrogen-bond donors (Lipinski definition) is 0. The Kier molecular flexibility index (Phi) is 7.38. The van der Waals surface area contributed by atoms with E-state index in [1.807, 2.05) is 24.3 Å². The van der Waals surface area contributed by atoms with Gasteiger partial charge in [-0.15, -0.1) is 0 Å². The van der Waals surface area contributed by atoms with Crippen molar-refractivity contribution in [2.45, 2.75) is 39.2 Å². The molecule has 1 saturated heterocycles. The van der Waals surface area contributed by atoms with Gasteiger partial charge in [0.15, 0.2) is 6.10 Å². The summed E-state index contributed by atoms with van der Waals surface area (Å²) in [6.07, 6.45) is 0.161. The molecule has 2 aromatic rings. The highest BCUT2D eigenvalue weighted by molar-refractivity contribution is 6.30. The predicted octanol–water partition coefficient (Wildman–Crippen LogP) is 4.61. The minimum Gasteiger partial charge on any atom is -0.481 e.